The summed E-state index contributed by atoms with van der Waals surface area (Å²) in [6, 6.07) is 2.48. The molecule has 0 bridgehead atoms. The Labute approximate surface area is 91.0 Å². The summed E-state index contributed by atoms with van der Waals surface area (Å²) in [5.41, 5.74) is -0.0903. The van der Waals surface area contributed by atoms with E-state index >= 15 is 0 Å². The van der Waals surface area contributed by atoms with E-state index in [1.165, 1.54) is 6.42 Å². The summed E-state index contributed by atoms with van der Waals surface area (Å²) in [4.78, 5) is 0. The van der Waals surface area contributed by atoms with Crippen molar-refractivity contribution in [2.75, 3.05) is 12.9 Å². The van der Waals surface area contributed by atoms with Crippen LogP contribution in [-0.2, 0) is 4.74 Å². The first kappa shape index (κ1) is 11.9. The van der Waals surface area contributed by atoms with Crippen molar-refractivity contribution in [3.8, 4) is 6.07 Å². The Morgan fingerprint density at radius 1 is 1.57 bits per heavy atom. The van der Waals surface area contributed by atoms with Crippen LogP contribution in [0.4, 0.5) is 0 Å². The average molecular weight is 213 g/mol. The fourth-order valence-corrected chi connectivity index (χ4v) is 2.92. The predicted octanol–water partition coefficient (Wildman–Crippen LogP) is 2.98. The highest BCUT2D eigenvalue weighted by Crippen LogP contribution is 2.42. The molecule has 1 atom stereocenters. The molecule has 0 spiro atoms. The van der Waals surface area contributed by atoms with Crippen LogP contribution in [0.2, 0.25) is 0 Å². The Kier molecular flexibility index (Phi) is 3.86. The number of hydrogen-bond donors (Lipinski definition) is 0. The normalized spacial score (nSPS) is 27.6. The maximum absolute atomic E-state index is 9.17. The molecule has 80 valence electrons. The third kappa shape index (κ3) is 2.90. The van der Waals surface area contributed by atoms with E-state index in [-0.39, 0.29) is 10.3 Å². The fraction of sp³-hybridized carbons (Fsp3) is 0.909. The minimum atomic E-state index is -0.115. The van der Waals surface area contributed by atoms with E-state index in [0.29, 0.717) is 0 Å². The average Bonchev–Trinajstić information content (AvgIpc) is 2.65. The first-order valence-electron chi connectivity index (χ1n) is 5.14. The van der Waals surface area contributed by atoms with Crippen molar-refractivity contribution in [3.05, 3.63) is 0 Å². The van der Waals surface area contributed by atoms with Crippen LogP contribution in [-0.4, -0.2) is 23.2 Å². The van der Waals surface area contributed by atoms with Crippen molar-refractivity contribution in [2.24, 2.45) is 0 Å². The van der Waals surface area contributed by atoms with Gasteiger partial charge < -0.3 is 4.74 Å². The highest BCUT2D eigenvalue weighted by molar-refractivity contribution is 8.01. The Hall–Kier alpha value is -0.200. The van der Waals surface area contributed by atoms with Crippen molar-refractivity contribution < 1.29 is 4.74 Å². The second kappa shape index (κ2) is 4.55. The van der Waals surface area contributed by atoms with Gasteiger partial charge in [0, 0.05) is 7.11 Å². The van der Waals surface area contributed by atoms with Gasteiger partial charge in [0.2, 0.25) is 0 Å². The summed E-state index contributed by atoms with van der Waals surface area (Å²) < 4.78 is 5.25. The van der Waals surface area contributed by atoms with E-state index in [0.717, 1.165) is 25.0 Å². The smallest absolute Gasteiger partial charge is 0.102 e. The quantitative estimate of drug-likeness (QED) is 0.719. The molecule has 2 nitrogen and oxygen atoms in total. The lowest BCUT2D eigenvalue weighted by Gasteiger charge is -2.27. The molecule has 0 saturated carbocycles. The first-order valence-corrected chi connectivity index (χ1v) is 6.13. The molecule has 1 unspecified atom stereocenters. The topological polar surface area (TPSA) is 33.0 Å². The molecule has 1 aliphatic rings. The van der Waals surface area contributed by atoms with Gasteiger partial charge in [-0.3, -0.25) is 0 Å². The number of thioether (sulfide) groups is 1. The molecular weight excluding hydrogens is 194 g/mol. The van der Waals surface area contributed by atoms with Crippen LogP contribution in [0.25, 0.3) is 0 Å². The van der Waals surface area contributed by atoms with Crippen molar-refractivity contribution in [1.82, 2.24) is 0 Å². The Balaban J connectivity index is 2.47. The van der Waals surface area contributed by atoms with Gasteiger partial charge in [0.15, 0.2) is 0 Å². The molecule has 1 saturated heterocycles. The largest absolute Gasteiger partial charge is 0.379 e. The minimum absolute atomic E-state index is 0.0903. The SMILES string of the molecule is COC(C)(C)CCC1(C#N)CCCS1. The van der Waals surface area contributed by atoms with E-state index in [9.17, 15) is 5.26 Å². The molecule has 3 heteroatoms. The zero-order valence-electron chi connectivity index (χ0n) is 9.30. The van der Waals surface area contributed by atoms with Crippen LogP contribution in [0.5, 0.6) is 0 Å². The predicted molar refractivity (Wildman–Crippen MR) is 60.4 cm³/mol. The molecule has 0 amide bonds. The van der Waals surface area contributed by atoms with Crippen molar-refractivity contribution >= 4 is 11.8 Å². The van der Waals surface area contributed by atoms with E-state index in [2.05, 4.69) is 19.9 Å². The Bertz CT molecular complexity index is 226. The maximum atomic E-state index is 9.17. The molecule has 0 radical (unpaired) electrons. The Morgan fingerprint density at radius 2 is 2.29 bits per heavy atom. The van der Waals surface area contributed by atoms with Crippen LogP contribution < -0.4 is 0 Å². The number of rotatable bonds is 4. The van der Waals surface area contributed by atoms with E-state index in [1.54, 1.807) is 7.11 Å². The number of nitrogens with zero attached hydrogens (tertiary/aromatic N) is 1. The molecular formula is C11H19NOS. The number of methoxy groups -OCH3 is 1. The van der Waals surface area contributed by atoms with E-state index in [1.807, 2.05) is 11.8 Å². The molecule has 0 N–H and O–H groups in total. The van der Waals surface area contributed by atoms with Gasteiger partial charge in [-0.1, -0.05) is 0 Å². The lowest BCUT2D eigenvalue weighted by molar-refractivity contribution is 0.0127. The van der Waals surface area contributed by atoms with Gasteiger partial charge in [0.05, 0.1) is 11.7 Å². The number of ether oxygens (including phenoxy) is 1. The van der Waals surface area contributed by atoms with Gasteiger partial charge >= 0.3 is 0 Å². The molecule has 1 rings (SSSR count). The molecule has 1 heterocycles. The molecule has 1 fully saturated rings. The minimum Gasteiger partial charge on any atom is -0.379 e. The molecule has 0 aromatic carbocycles. The van der Waals surface area contributed by atoms with Crippen LogP contribution >= 0.6 is 11.8 Å². The summed E-state index contributed by atoms with van der Waals surface area (Å²) >= 11 is 1.82. The van der Waals surface area contributed by atoms with Crippen molar-refractivity contribution in [2.45, 2.75) is 49.9 Å². The third-order valence-corrected chi connectivity index (χ3v) is 4.54. The second-order valence-corrected chi connectivity index (χ2v) is 6.00. The van der Waals surface area contributed by atoms with Gasteiger partial charge in [0.25, 0.3) is 0 Å². The monoisotopic (exact) mass is 213 g/mol. The van der Waals surface area contributed by atoms with Gasteiger partial charge in [0.1, 0.15) is 4.75 Å². The third-order valence-electron chi connectivity index (χ3n) is 2.99. The molecule has 0 aliphatic carbocycles. The molecule has 1 aliphatic heterocycles. The summed E-state index contributed by atoms with van der Waals surface area (Å²) in [5, 5.41) is 9.17. The molecule has 0 aromatic heterocycles. The summed E-state index contributed by atoms with van der Waals surface area (Å²) in [6.07, 6.45) is 4.15. The Morgan fingerprint density at radius 3 is 2.71 bits per heavy atom. The van der Waals surface area contributed by atoms with E-state index < -0.39 is 0 Å². The standard InChI is InChI=1S/C11H19NOS/c1-10(2,13-3)6-7-11(9-12)5-4-8-14-11/h4-8H2,1-3H3. The zero-order chi connectivity index (χ0) is 10.7. The molecule has 0 aromatic rings. The lowest BCUT2D eigenvalue weighted by atomic mass is 9.92. The first-order chi connectivity index (χ1) is 6.54. The van der Waals surface area contributed by atoms with Crippen LogP contribution in [0.15, 0.2) is 0 Å². The zero-order valence-corrected chi connectivity index (χ0v) is 10.1. The maximum Gasteiger partial charge on any atom is 0.102 e. The highest BCUT2D eigenvalue weighted by atomic mass is 32.2. The van der Waals surface area contributed by atoms with Crippen LogP contribution in [0, 0.1) is 11.3 Å². The molecule has 14 heavy (non-hydrogen) atoms. The summed E-state index contributed by atoms with van der Waals surface area (Å²) in [5.74, 6) is 1.14. The van der Waals surface area contributed by atoms with Crippen molar-refractivity contribution in [1.29, 1.82) is 5.26 Å². The number of nitriles is 1. The van der Waals surface area contributed by atoms with E-state index in [4.69, 9.17) is 4.74 Å². The van der Waals surface area contributed by atoms with Gasteiger partial charge in [-0.05, 0) is 45.3 Å². The van der Waals surface area contributed by atoms with Gasteiger partial charge in [-0.25, -0.2) is 0 Å². The lowest BCUT2D eigenvalue weighted by Crippen LogP contribution is -2.28. The van der Waals surface area contributed by atoms with Crippen LogP contribution in [0.1, 0.15) is 39.5 Å². The van der Waals surface area contributed by atoms with Crippen molar-refractivity contribution in [3.63, 3.8) is 0 Å². The van der Waals surface area contributed by atoms with Gasteiger partial charge in [-0.15, -0.1) is 11.8 Å². The summed E-state index contributed by atoms with van der Waals surface area (Å²) in [7, 11) is 1.74. The second-order valence-electron chi connectivity index (χ2n) is 4.52. The fourth-order valence-electron chi connectivity index (χ4n) is 1.64. The van der Waals surface area contributed by atoms with Gasteiger partial charge in [-0.2, -0.15) is 5.26 Å². The van der Waals surface area contributed by atoms with Crippen LogP contribution in [0.3, 0.4) is 0 Å². The number of hydrogen-bond acceptors (Lipinski definition) is 3. The summed E-state index contributed by atoms with van der Waals surface area (Å²) in [6.45, 7) is 4.16. The highest BCUT2D eigenvalue weighted by Gasteiger charge is 2.36.